The molecular weight excluding hydrogens is 438 g/mol. The number of carboxylic acids is 1. The highest BCUT2D eigenvalue weighted by atomic mass is 16.6. The number of carbonyl (C=O) groups is 4. The van der Waals surface area contributed by atoms with Crippen molar-refractivity contribution >= 4 is 23.9 Å². The van der Waals surface area contributed by atoms with Crippen molar-refractivity contribution in [2.24, 2.45) is 5.92 Å². The van der Waals surface area contributed by atoms with Crippen LogP contribution in [0.15, 0.2) is 30.3 Å². The third-order valence-corrected chi connectivity index (χ3v) is 6.00. The van der Waals surface area contributed by atoms with Crippen molar-refractivity contribution in [3.8, 4) is 0 Å². The quantitative estimate of drug-likeness (QED) is 0.557. The van der Waals surface area contributed by atoms with E-state index < -0.39 is 41.1 Å². The minimum absolute atomic E-state index is 0.308. The van der Waals surface area contributed by atoms with Crippen molar-refractivity contribution in [1.82, 2.24) is 15.5 Å². The Labute approximate surface area is 201 Å². The number of ether oxygens (including phenoxy) is 1. The fourth-order valence-corrected chi connectivity index (χ4v) is 3.99. The number of likely N-dealkylation sites (tertiary alicyclic amines) is 1. The summed E-state index contributed by atoms with van der Waals surface area (Å²) in [5.74, 6) is -2.33. The maximum atomic E-state index is 13.6. The molecule has 188 valence electrons. The minimum atomic E-state index is -1.13. The maximum absolute atomic E-state index is 13.6. The van der Waals surface area contributed by atoms with Crippen LogP contribution in [0.1, 0.15) is 59.9 Å². The zero-order valence-corrected chi connectivity index (χ0v) is 20.9. The van der Waals surface area contributed by atoms with Gasteiger partial charge < -0.3 is 25.4 Å². The predicted octanol–water partition coefficient (Wildman–Crippen LogP) is 2.69. The Morgan fingerprint density at radius 2 is 1.56 bits per heavy atom. The van der Waals surface area contributed by atoms with Crippen molar-refractivity contribution in [1.29, 1.82) is 0 Å². The highest BCUT2D eigenvalue weighted by Crippen LogP contribution is 2.36. The molecule has 2 rings (SSSR count). The molecule has 0 saturated carbocycles. The van der Waals surface area contributed by atoms with Crippen LogP contribution in [0.4, 0.5) is 4.79 Å². The number of rotatable bonds is 7. The van der Waals surface area contributed by atoms with Crippen molar-refractivity contribution < 1.29 is 29.0 Å². The molecule has 0 unspecified atom stereocenters. The predicted molar refractivity (Wildman–Crippen MR) is 127 cm³/mol. The molecule has 0 radical (unpaired) electrons. The van der Waals surface area contributed by atoms with Gasteiger partial charge >= 0.3 is 12.1 Å². The first kappa shape index (κ1) is 27.1. The topological polar surface area (TPSA) is 125 Å². The number of carboxylic acid groups (broad SMARTS) is 1. The summed E-state index contributed by atoms with van der Waals surface area (Å²) in [5.41, 5.74) is -0.748. The molecule has 1 aromatic carbocycles. The number of benzene rings is 1. The second kappa shape index (κ2) is 10.9. The Kier molecular flexibility index (Phi) is 8.69. The third-order valence-electron chi connectivity index (χ3n) is 6.00. The molecule has 1 aliphatic rings. The molecule has 0 aliphatic carbocycles. The van der Waals surface area contributed by atoms with Gasteiger partial charge in [-0.2, -0.15) is 0 Å². The number of amides is 3. The zero-order chi connectivity index (χ0) is 25.7. The van der Waals surface area contributed by atoms with Gasteiger partial charge in [0, 0.05) is 13.1 Å². The first-order valence-electron chi connectivity index (χ1n) is 11.6. The van der Waals surface area contributed by atoms with Crippen LogP contribution in [0.2, 0.25) is 0 Å². The maximum Gasteiger partial charge on any atom is 0.410 e. The van der Waals surface area contributed by atoms with Gasteiger partial charge in [0.05, 0.1) is 5.41 Å². The number of nitrogens with zero attached hydrogens (tertiary/aromatic N) is 1. The van der Waals surface area contributed by atoms with E-state index in [0.717, 1.165) is 5.56 Å². The number of aliphatic carboxylic acids is 1. The molecule has 1 aromatic rings. The summed E-state index contributed by atoms with van der Waals surface area (Å²) in [6, 6.07) is 7.31. The molecule has 1 saturated heterocycles. The first-order chi connectivity index (χ1) is 15.8. The summed E-state index contributed by atoms with van der Waals surface area (Å²) in [6.45, 7) is 11.0. The Morgan fingerprint density at radius 3 is 2.03 bits per heavy atom. The molecule has 1 fully saturated rings. The van der Waals surface area contributed by atoms with E-state index in [9.17, 15) is 24.3 Å². The Morgan fingerprint density at radius 1 is 1.00 bits per heavy atom. The normalized spacial score (nSPS) is 17.4. The lowest BCUT2D eigenvalue weighted by Crippen LogP contribution is -2.58. The average molecular weight is 476 g/mol. The van der Waals surface area contributed by atoms with Crippen LogP contribution in [-0.4, -0.2) is 64.7 Å². The molecule has 9 nitrogen and oxygen atoms in total. The van der Waals surface area contributed by atoms with Gasteiger partial charge in [0.25, 0.3) is 0 Å². The molecule has 0 aromatic heterocycles. The summed E-state index contributed by atoms with van der Waals surface area (Å²) in [5, 5.41) is 14.6. The van der Waals surface area contributed by atoms with Crippen LogP contribution in [0.25, 0.3) is 0 Å². The van der Waals surface area contributed by atoms with Gasteiger partial charge in [-0.15, -0.1) is 0 Å². The smallest absolute Gasteiger partial charge is 0.410 e. The Bertz CT molecular complexity index is 886. The first-order valence-corrected chi connectivity index (χ1v) is 11.6. The lowest BCUT2D eigenvalue weighted by atomic mass is 9.72. The number of hydrogen-bond acceptors (Lipinski definition) is 5. The second-order valence-corrected chi connectivity index (χ2v) is 10.2. The standard InChI is InChI=1S/C25H37N3O6/c1-16(2)19(21(30)31)27-20(29)17(3)26-22(32)25(18-10-8-7-9-11-18)12-14-28(15-13-25)23(33)34-24(4,5)6/h7-11,16-17,19H,12-15H2,1-6H3,(H,26,32)(H,27,29)(H,30,31)/t17-,19+/m1/s1. The van der Waals surface area contributed by atoms with E-state index in [0.29, 0.717) is 25.9 Å². The molecule has 34 heavy (non-hydrogen) atoms. The van der Waals surface area contributed by atoms with Crippen LogP contribution < -0.4 is 10.6 Å². The Balaban J connectivity index is 2.18. The summed E-state index contributed by atoms with van der Waals surface area (Å²) in [7, 11) is 0. The number of piperidine rings is 1. The van der Waals surface area contributed by atoms with Gasteiger partial charge in [-0.05, 0) is 52.0 Å². The lowest BCUT2D eigenvalue weighted by molar-refractivity contribution is -0.143. The SMILES string of the molecule is CC(C)[C@H](NC(=O)[C@@H](C)NC(=O)C1(c2ccccc2)CCN(C(=O)OC(C)(C)C)CC1)C(=O)O. The average Bonchev–Trinajstić information content (AvgIpc) is 2.76. The molecule has 2 atom stereocenters. The van der Waals surface area contributed by atoms with Crippen LogP contribution in [0, 0.1) is 5.92 Å². The summed E-state index contributed by atoms with van der Waals surface area (Å²) in [6.07, 6.45) is 0.302. The second-order valence-electron chi connectivity index (χ2n) is 10.2. The molecule has 3 N–H and O–H groups in total. The summed E-state index contributed by atoms with van der Waals surface area (Å²) in [4.78, 5) is 51.7. The van der Waals surface area contributed by atoms with Crippen LogP contribution in [0.5, 0.6) is 0 Å². The lowest BCUT2D eigenvalue weighted by Gasteiger charge is -2.41. The molecule has 1 heterocycles. The highest BCUT2D eigenvalue weighted by Gasteiger charge is 2.45. The van der Waals surface area contributed by atoms with E-state index in [1.54, 1.807) is 39.5 Å². The van der Waals surface area contributed by atoms with Gasteiger partial charge in [0.15, 0.2) is 0 Å². The van der Waals surface area contributed by atoms with Gasteiger partial charge in [-0.1, -0.05) is 44.2 Å². The van der Waals surface area contributed by atoms with Crippen molar-refractivity contribution in [2.45, 2.75) is 77.5 Å². The van der Waals surface area contributed by atoms with Crippen LogP contribution in [-0.2, 0) is 24.5 Å². The number of hydrogen-bond donors (Lipinski definition) is 3. The number of nitrogens with one attached hydrogen (secondary N) is 2. The third kappa shape index (κ3) is 6.71. The van der Waals surface area contributed by atoms with E-state index in [1.807, 2.05) is 30.3 Å². The largest absolute Gasteiger partial charge is 0.480 e. The number of carbonyl (C=O) groups excluding carboxylic acids is 3. The molecule has 3 amide bonds. The minimum Gasteiger partial charge on any atom is -0.480 e. The molecule has 0 spiro atoms. The van der Waals surface area contributed by atoms with Gasteiger partial charge in [-0.3, -0.25) is 9.59 Å². The van der Waals surface area contributed by atoms with Crippen molar-refractivity contribution in [3.63, 3.8) is 0 Å². The van der Waals surface area contributed by atoms with E-state index in [2.05, 4.69) is 10.6 Å². The summed E-state index contributed by atoms with van der Waals surface area (Å²) >= 11 is 0. The molecule has 9 heteroatoms. The fraction of sp³-hybridized carbons (Fsp3) is 0.600. The van der Waals surface area contributed by atoms with Gasteiger partial charge in [0.1, 0.15) is 17.7 Å². The van der Waals surface area contributed by atoms with Crippen LogP contribution >= 0.6 is 0 Å². The van der Waals surface area contributed by atoms with E-state index in [4.69, 9.17) is 4.74 Å². The molecular formula is C25H37N3O6. The summed E-state index contributed by atoms with van der Waals surface area (Å²) < 4.78 is 5.47. The van der Waals surface area contributed by atoms with Crippen molar-refractivity contribution in [2.75, 3.05) is 13.1 Å². The highest BCUT2D eigenvalue weighted by molar-refractivity contribution is 5.94. The van der Waals surface area contributed by atoms with E-state index in [-0.39, 0.29) is 11.8 Å². The van der Waals surface area contributed by atoms with Crippen molar-refractivity contribution in [3.05, 3.63) is 35.9 Å². The fourth-order valence-electron chi connectivity index (χ4n) is 3.99. The molecule has 1 aliphatic heterocycles. The Hall–Kier alpha value is -3.10. The van der Waals surface area contributed by atoms with E-state index >= 15 is 0 Å². The van der Waals surface area contributed by atoms with Gasteiger partial charge in [-0.25, -0.2) is 9.59 Å². The molecule has 0 bridgehead atoms. The zero-order valence-electron chi connectivity index (χ0n) is 20.9. The van der Waals surface area contributed by atoms with Gasteiger partial charge in [0.2, 0.25) is 11.8 Å². The monoisotopic (exact) mass is 475 g/mol. The van der Waals surface area contributed by atoms with E-state index in [1.165, 1.54) is 6.92 Å². The van der Waals surface area contributed by atoms with Crippen LogP contribution in [0.3, 0.4) is 0 Å².